The van der Waals surface area contributed by atoms with Gasteiger partial charge in [-0.3, -0.25) is 4.79 Å². The Balaban J connectivity index is 2.44. The first-order valence-electron chi connectivity index (χ1n) is 5.41. The quantitative estimate of drug-likeness (QED) is 0.641. The Bertz CT molecular complexity index is 394. The largest absolute Gasteiger partial charge is 0.506 e. The van der Waals surface area contributed by atoms with Crippen LogP contribution in [0.15, 0.2) is 18.2 Å². The van der Waals surface area contributed by atoms with Gasteiger partial charge in [0, 0.05) is 17.5 Å². The number of carbonyl (C=O) groups is 1. The molecule has 1 aromatic carbocycles. The van der Waals surface area contributed by atoms with Crippen LogP contribution < -0.4 is 5.32 Å². The zero-order valence-electron chi connectivity index (χ0n) is 9.54. The maximum Gasteiger partial charge on any atom is 0.251 e. The molecule has 0 aliphatic carbocycles. The normalized spacial score (nSPS) is 12.2. The predicted octanol–water partition coefficient (Wildman–Crippen LogP) is 3.18. The molecule has 0 aliphatic heterocycles. The molecule has 0 aromatic heterocycles. The third-order valence-electron chi connectivity index (χ3n) is 2.27. The zero-order chi connectivity index (χ0) is 12.8. The average molecular weight is 276 g/mol. The van der Waals surface area contributed by atoms with E-state index < -0.39 is 0 Å². The number of phenolic OH excluding ortho intramolecular Hbond substituents is 1. The summed E-state index contributed by atoms with van der Waals surface area (Å²) in [7, 11) is 0. The molecule has 94 valence electrons. The van der Waals surface area contributed by atoms with E-state index >= 15 is 0 Å². The molecule has 0 saturated heterocycles. The Morgan fingerprint density at radius 1 is 1.53 bits per heavy atom. The van der Waals surface area contributed by atoms with Crippen LogP contribution in [0.25, 0.3) is 0 Å². The van der Waals surface area contributed by atoms with Crippen LogP contribution in [0.2, 0.25) is 5.02 Å². The van der Waals surface area contributed by atoms with Gasteiger partial charge in [-0.15, -0.1) is 11.6 Å². The van der Waals surface area contributed by atoms with E-state index in [0.29, 0.717) is 12.1 Å². The minimum atomic E-state index is -0.200. The summed E-state index contributed by atoms with van der Waals surface area (Å²) >= 11 is 11.5. The fourth-order valence-electron chi connectivity index (χ4n) is 1.34. The van der Waals surface area contributed by atoms with Crippen molar-refractivity contribution in [3.63, 3.8) is 0 Å². The van der Waals surface area contributed by atoms with Crippen LogP contribution in [0.4, 0.5) is 0 Å². The van der Waals surface area contributed by atoms with E-state index in [1.165, 1.54) is 18.2 Å². The molecule has 5 heteroatoms. The summed E-state index contributed by atoms with van der Waals surface area (Å²) in [5, 5.41) is 12.3. The maximum absolute atomic E-state index is 11.7. The highest BCUT2D eigenvalue weighted by molar-refractivity contribution is 6.32. The van der Waals surface area contributed by atoms with Gasteiger partial charge in [0.25, 0.3) is 5.91 Å². The van der Waals surface area contributed by atoms with Gasteiger partial charge >= 0.3 is 0 Å². The van der Waals surface area contributed by atoms with Gasteiger partial charge in [0.15, 0.2) is 0 Å². The van der Waals surface area contributed by atoms with Crippen molar-refractivity contribution in [3.05, 3.63) is 28.8 Å². The number of nitrogens with one attached hydrogen (secondary N) is 1. The zero-order valence-corrected chi connectivity index (χ0v) is 11.1. The SMILES string of the molecule is CC(Cl)CCCNC(=O)c1ccc(O)c(Cl)c1. The van der Waals surface area contributed by atoms with Gasteiger partial charge in [0.05, 0.1) is 5.02 Å². The van der Waals surface area contributed by atoms with Crippen molar-refractivity contribution in [2.75, 3.05) is 6.54 Å². The van der Waals surface area contributed by atoms with Crippen molar-refractivity contribution >= 4 is 29.1 Å². The topological polar surface area (TPSA) is 49.3 Å². The molecule has 0 fully saturated rings. The number of carbonyl (C=O) groups excluding carboxylic acids is 1. The van der Waals surface area contributed by atoms with Crippen LogP contribution >= 0.6 is 23.2 Å². The third kappa shape index (κ3) is 4.84. The molecule has 1 unspecified atom stereocenters. The van der Waals surface area contributed by atoms with Crippen molar-refractivity contribution in [2.45, 2.75) is 25.1 Å². The number of phenols is 1. The molecule has 0 heterocycles. The summed E-state index contributed by atoms with van der Waals surface area (Å²) in [4.78, 5) is 11.7. The Labute approximate surface area is 111 Å². The predicted molar refractivity (Wildman–Crippen MR) is 70.0 cm³/mol. The van der Waals surface area contributed by atoms with Crippen molar-refractivity contribution < 1.29 is 9.90 Å². The molecule has 1 atom stereocenters. The average Bonchev–Trinajstić information content (AvgIpc) is 2.27. The number of aromatic hydroxyl groups is 1. The molecular weight excluding hydrogens is 261 g/mol. The second kappa shape index (κ2) is 6.72. The third-order valence-corrected chi connectivity index (χ3v) is 2.80. The Morgan fingerprint density at radius 3 is 2.82 bits per heavy atom. The molecule has 0 spiro atoms. The van der Waals surface area contributed by atoms with E-state index in [4.69, 9.17) is 23.2 Å². The van der Waals surface area contributed by atoms with Crippen molar-refractivity contribution in [1.29, 1.82) is 0 Å². The highest BCUT2D eigenvalue weighted by Crippen LogP contribution is 2.23. The molecule has 3 nitrogen and oxygen atoms in total. The lowest BCUT2D eigenvalue weighted by atomic mass is 10.2. The number of rotatable bonds is 5. The summed E-state index contributed by atoms with van der Waals surface area (Å²) in [6.07, 6.45) is 1.69. The van der Waals surface area contributed by atoms with E-state index in [1.807, 2.05) is 6.92 Å². The second-order valence-corrected chi connectivity index (χ2v) is 5.00. The number of hydrogen-bond acceptors (Lipinski definition) is 2. The van der Waals surface area contributed by atoms with Crippen LogP contribution in [0, 0.1) is 0 Å². The smallest absolute Gasteiger partial charge is 0.251 e. The van der Waals surface area contributed by atoms with E-state index in [1.54, 1.807) is 0 Å². The Morgan fingerprint density at radius 2 is 2.24 bits per heavy atom. The highest BCUT2D eigenvalue weighted by atomic mass is 35.5. The van der Waals surface area contributed by atoms with Crippen molar-refractivity contribution in [1.82, 2.24) is 5.32 Å². The van der Waals surface area contributed by atoms with Crippen LogP contribution in [0.3, 0.4) is 0 Å². The fraction of sp³-hybridized carbons (Fsp3) is 0.417. The number of benzene rings is 1. The van der Waals surface area contributed by atoms with Crippen molar-refractivity contribution in [2.24, 2.45) is 0 Å². The van der Waals surface area contributed by atoms with Crippen LogP contribution in [-0.4, -0.2) is 22.9 Å². The van der Waals surface area contributed by atoms with Crippen molar-refractivity contribution in [3.8, 4) is 5.75 Å². The van der Waals surface area contributed by atoms with Gasteiger partial charge in [-0.1, -0.05) is 11.6 Å². The minimum absolute atomic E-state index is 0.0285. The number of halogens is 2. The number of amides is 1. The Hall–Kier alpha value is -0.930. The first-order chi connectivity index (χ1) is 8.00. The lowest BCUT2D eigenvalue weighted by Gasteiger charge is -2.06. The molecule has 1 aromatic rings. The summed E-state index contributed by atoms with van der Waals surface area (Å²) in [5.41, 5.74) is 0.437. The molecule has 0 radical (unpaired) electrons. The standard InChI is InChI=1S/C12H15Cl2NO2/c1-8(13)3-2-6-15-12(17)9-4-5-11(16)10(14)7-9/h4-5,7-8,16H,2-3,6H2,1H3,(H,15,17). The molecule has 1 amide bonds. The second-order valence-electron chi connectivity index (χ2n) is 3.85. The first-order valence-corrected chi connectivity index (χ1v) is 6.23. The van der Waals surface area contributed by atoms with Gasteiger partial charge in [-0.2, -0.15) is 0 Å². The van der Waals surface area contributed by atoms with Gasteiger partial charge in [0.2, 0.25) is 0 Å². The summed E-state index contributed by atoms with van der Waals surface area (Å²) in [6.45, 7) is 2.50. The molecule has 0 bridgehead atoms. The summed E-state index contributed by atoms with van der Waals surface area (Å²) in [5.74, 6) is -0.228. The number of hydrogen-bond donors (Lipinski definition) is 2. The first kappa shape index (κ1) is 14.1. The molecule has 17 heavy (non-hydrogen) atoms. The molecule has 1 rings (SSSR count). The lowest BCUT2D eigenvalue weighted by Crippen LogP contribution is -2.24. The Kier molecular flexibility index (Phi) is 5.59. The van der Waals surface area contributed by atoms with Gasteiger partial charge < -0.3 is 10.4 Å². The number of alkyl halides is 1. The molecule has 2 N–H and O–H groups in total. The molecule has 0 aliphatic rings. The minimum Gasteiger partial charge on any atom is -0.506 e. The summed E-state index contributed by atoms with van der Waals surface area (Å²) in [6, 6.07) is 4.37. The van der Waals surface area contributed by atoms with E-state index in [9.17, 15) is 9.90 Å². The van der Waals surface area contributed by atoms with Crippen LogP contribution in [-0.2, 0) is 0 Å². The molecule has 0 saturated carbocycles. The lowest BCUT2D eigenvalue weighted by molar-refractivity contribution is 0.0953. The van der Waals surface area contributed by atoms with Crippen LogP contribution in [0.5, 0.6) is 5.75 Å². The van der Waals surface area contributed by atoms with Gasteiger partial charge in [-0.05, 0) is 38.0 Å². The maximum atomic E-state index is 11.7. The highest BCUT2D eigenvalue weighted by Gasteiger charge is 2.07. The van der Waals surface area contributed by atoms with Gasteiger partial charge in [0.1, 0.15) is 5.75 Å². The summed E-state index contributed by atoms with van der Waals surface area (Å²) < 4.78 is 0. The molecular formula is C12H15Cl2NO2. The van der Waals surface area contributed by atoms with E-state index in [2.05, 4.69) is 5.32 Å². The van der Waals surface area contributed by atoms with E-state index in [0.717, 1.165) is 12.8 Å². The fourth-order valence-corrected chi connectivity index (χ4v) is 1.67. The monoisotopic (exact) mass is 275 g/mol. The van der Waals surface area contributed by atoms with Crippen LogP contribution in [0.1, 0.15) is 30.1 Å². The van der Waals surface area contributed by atoms with E-state index in [-0.39, 0.29) is 22.1 Å². The van der Waals surface area contributed by atoms with Gasteiger partial charge in [-0.25, -0.2) is 0 Å².